The van der Waals surface area contributed by atoms with Crippen LogP contribution in [0.5, 0.6) is 5.75 Å². The van der Waals surface area contributed by atoms with Crippen LogP contribution in [-0.2, 0) is 16.6 Å². The van der Waals surface area contributed by atoms with Gasteiger partial charge in [0.2, 0.25) is 10.0 Å². The van der Waals surface area contributed by atoms with E-state index in [2.05, 4.69) is 12.0 Å². The number of aromatic carboxylic acids is 1. The van der Waals surface area contributed by atoms with Crippen molar-refractivity contribution in [1.82, 2.24) is 14.1 Å². The third kappa shape index (κ3) is 3.63. The number of rotatable bonds is 5. The fourth-order valence-electron chi connectivity index (χ4n) is 4.57. The Labute approximate surface area is 198 Å². The molecule has 0 aliphatic carbocycles. The highest BCUT2D eigenvalue weighted by atomic mass is 32.2. The van der Waals surface area contributed by atoms with Crippen LogP contribution in [0.3, 0.4) is 0 Å². The molecule has 0 fully saturated rings. The van der Waals surface area contributed by atoms with Crippen LogP contribution in [-0.4, -0.2) is 53.2 Å². The lowest BCUT2D eigenvalue weighted by Gasteiger charge is -2.30. The standard InChI is InChI=1S/C24H26N4O5S/c1-3-4-8-17-14-27(16-9-6-5-7-10-16)21-12-22-20(13-23(21)34(31,32)26(17)2)28-18(15-33-22)11-19(25-28)24(29)30/h5-7,9-13,17H,3-4,8,14-15H2,1-2H3,(H,29,30)/t17-/m1/s1. The number of fused-ring (bicyclic) bond motifs is 4. The largest absolute Gasteiger partial charge is 0.485 e. The Morgan fingerprint density at radius 1 is 1.18 bits per heavy atom. The van der Waals surface area contributed by atoms with Crippen LogP contribution < -0.4 is 9.64 Å². The third-order valence-corrected chi connectivity index (χ3v) is 8.40. The Bertz CT molecular complexity index is 1350. The fourth-order valence-corrected chi connectivity index (χ4v) is 6.13. The highest BCUT2D eigenvalue weighted by Crippen LogP contribution is 2.43. The molecule has 0 amide bonds. The van der Waals surface area contributed by atoms with Crippen LogP contribution in [0.25, 0.3) is 5.69 Å². The number of ether oxygens (including phenoxy) is 1. The number of nitrogens with zero attached hydrogens (tertiary/aromatic N) is 4. The van der Waals surface area contributed by atoms with Crippen molar-refractivity contribution in [2.24, 2.45) is 0 Å². The minimum atomic E-state index is -3.84. The third-order valence-electron chi connectivity index (χ3n) is 6.46. The topological polar surface area (TPSA) is 105 Å². The van der Waals surface area contributed by atoms with Gasteiger partial charge in [-0.15, -0.1) is 0 Å². The number of benzene rings is 2. The van der Waals surface area contributed by atoms with Crippen LogP contribution >= 0.6 is 0 Å². The Morgan fingerprint density at radius 2 is 1.94 bits per heavy atom. The van der Waals surface area contributed by atoms with E-state index in [1.807, 2.05) is 35.2 Å². The second-order valence-electron chi connectivity index (χ2n) is 8.58. The fraction of sp³-hybridized carbons (Fsp3) is 0.333. The van der Waals surface area contributed by atoms with Crippen LogP contribution in [0.4, 0.5) is 11.4 Å². The number of para-hydroxylation sites is 1. The first-order valence-electron chi connectivity index (χ1n) is 11.3. The molecule has 2 aliphatic rings. The average molecular weight is 483 g/mol. The summed E-state index contributed by atoms with van der Waals surface area (Å²) in [6.07, 6.45) is 2.63. The summed E-state index contributed by atoms with van der Waals surface area (Å²) in [6, 6.07) is 14.2. The molecule has 0 spiro atoms. The quantitative estimate of drug-likeness (QED) is 0.590. The van der Waals surface area contributed by atoms with Crippen molar-refractivity contribution >= 4 is 27.4 Å². The highest BCUT2D eigenvalue weighted by Gasteiger charge is 2.38. The lowest BCUT2D eigenvalue weighted by atomic mass is 10.1. The zero-order valence-corrected chi connectivity index (χ0v) is 19.8. The van der Waals surface area contributed by atoms with Crippen molar-refractivity contribution in [2.75, 3.05) is 18.5 Å². The van der Waals surface area contributed by atoms with Gasteiger partial charge in [-0.1, -0.05) is 38.0 Å². The van der Waals surface area contributed by atoms with Crippen LogP contribution in [0.1, 0.15) is 42.4 Å². The van der Waals surface area contributed by atoms with Gasteiger partial charge in [0.25, 0.3) is 0 Å². The summed E-state index contributed by atoms with van der Waals surface area (Å²) in [5.74, 6) is -0.698. The van der Waals surface area contributed by atoms with E-state index in [0.717, 1.165) is 24.9 Å². The lowest BCUT2D eigenvalue weighted by molar-refractivity contribution is 0.0690. The smallest absolute Gasteiger partial charge is 0.356 e. The molecular weight excluding hydrogens is 456 g/mol. The molecule has 2 aliphatic heterocycles. The Morgan fingerprint density at radius 3 is 2.65 bits per heavy atom. The Balaban J connectivity index is 1.72. The summed E-state index contributed by atoms with van der Waals surface area (Å²) in [7, 11) is -2.21. The van der Waals surface area contributed by atoms with Gasteiger partial charge in [-0.2, -0.15) is 9.40 Å². The molecule has 34 heavy (non-hydrogen) atoms. The van der Waals surface area contributed by atoms with Crippen molar-refractivity contribution in [2.45, 2.75) is 43.7 Å². The maximum Gasteiger partial charge on any atom is 0.356 e. The van der Waals surface area contributed by atoms with Gasteiger partial charge in [0.1, 0.15) is 22.9 Å². The van der Waals surface area contributed by atoms with Gasteiger partial charge in [-0.3, -0.25) is 0 Å². The predicted octanol–water partition coefficient (Wildman–Crippen LogP) is 3.79. The molecule has 3 heterocycles. The van der Waals surface area contributed by atoms with E-state index < -0.39 is 16.0 Å². The van der Waals surface area contributed by atoms with E-state index in [9.17, 15) is 18.3 Å². The van der Waals surface area contributed by atoms with Gasteiger partial charge in [-0.25, -0.2) is 17.9 Å². The zero-order valence-electron chi connectivity index (χ0n) is 19.0. The van der Waals surface area contributed by atoms with E-state index in [4.69, 9.17) is 4.74 Å². The highest BCUT2D eigenvalue weighted by molar-refractivity contribution is 7.89. The maximum atomic E-state index is 13.8. The molecule has 0 radical (unpaired) electrons. The average Bonchev–Trinajstić information content (AvgIpc) is 3.26. The Kier molecular flexibility index (Phi) is 5.57. The van der Waals surface area contributed by atoms with Crippen molar-refractivity contribution in [1.29, 1.82) is 0 Å². The summed E-state index contributed by atoms with van der Waals surface area (Å²) < 4.78 is 36.5. The maximum absolute atomic E-state index is 13.8. The number of likely N-dealkylation sites (N-methyl/N-ethyl adjacent to an activating group) is 1. The number of unbranched alkanes of at least 4 members (excludes halogenated alkanes) is 1. The number of anilines is 2. The number of sulfonamides is 1. The van der Waals surface area contributed by atoms with Gasteiger partial charge < -0.3 is 14.7 Å². The molecule has 0 unspecified atom stereocenters. The SMILES string of the molecule is CCCC[C@@H]1CN(c2ccccc2)c2cc3c(cc2S(=O)(=O)N1C)-n1nc(C(=O)O)cc1CO3. The second-order valence-corrected chi connectivity index (χ2v) is 10.5. The van der Waals surface area contributed by atoms with Crippen LogP contribution in [0, 0.1) is 0 Å². The van der Waals surface area contributed by atoms with Crippen molar-refractivity contribution in [3.8, 4) is 11.4 Å². The van der Waals surface area contributed by atoms with Gasteiger partial charge in [0.15, 0.2) is 5.69 Å². The molecule has 1 atom stereocenters. The molecule has 0 saturated heterocycles. The molecule has 0 bridgehead atoms. The summed E-state index contributed by atoms with van der Waals surface area (Å²) in [6.45, 7) is 2.73. The molecular formula is C24H26N4O5S. The molecule has 5 rings (SSSR count). The van der Waals surface area contributed by atoms with Gasteiger partial charge >= 0.3 is 5.97 Å². The van der Waals surface area contributed by atoms with Crippen molar-refractivity contribution in [3.05, 3.63) is 59.9 Å². The summed E-state index contributed by atoms with van der Waals surface area (Å²) >= 11 is 0. The second kappa shape index (κ2) is 8.44. The predicted molar refractivity (Wildman–Crippen MR) is 127 cm³/mol. The minimum absolute atomic E-state index is 0.119. The summed E-state index contributed by atoms with van der Waals surface area (Å²) in [5.41, 5.74) is 2.26. The molecule has 2 aromatic carbocycles. The molecule has 178 valence electrons. The Hall–Kier alpha value is -3.37. The van der Waals surface area contributed by atoms with Crippen LogP contribution in [0.15, 0.2) is 53.4 Å². The number of carboxylic acids is 1. The zero-order chi connectivity index (χ0) is 24.0. The number of carbonyl (C=O) groups is 1. The van der Waals surface area contributed by atoms with Gasteiger partial charge in [-0.05, 0) is 30.7 Å². The number of hydrogen-bond acceptors (Lipinski definition) is 6. The molecule has 1 N–H and O–H groups in total. The minimum Gasteiger partial charge on any atom is -0.485 e. The monoisotopic (exact) mass is 482 g/mol. The molecule has 0 saturated carbocycles. The van der Waals surface area contributed by atoms with E-state index in [-0.39, 0.29) is 23.2 Å². The van der Waals surface area contributed by atoms with Crippen molar-refractivity contribution < 1.29 is 23.1 Å². The van der Waals surface area contributed by atoms with E-state index in [1.165, 1.54) is 15.1 Å². The first kappa shape index (κ1) is 22.4. The molecule has 10 heteroatoms. The van der Waals surface area contributed by atoms with E-state index in [0.29, 0.717) is 29.4 Å². The van der Waals surface area contributed by atoms with E-state index in [1.54, 1.807) is 19.2 Å². The normalized spacial score (nSPS) is 18.9. The van der Waals surface area contributed by atoms with Crippen LogP contribution in [0.2, 0.25) is 0 Å². The summed E-state index contributed by atoms with van der Waals surface area (Å²) in [4.78, 5) is 13.6. The molecule has 9 nitrogen and oxygen atoms in total. The molecule has 1 aromatic heterocycles. The summed E-state index contributed by atoms with van der Waals surface area (Å²) in [5, 5.41) is 13.5. The first-order chi connectivity index (χ1) is 16.3. The number of aromatic nitrogens is 2. The van der Waals surface area contributed by atoms with Crippen molar-refractivity contribution in [3.63, 3.8) is 0 Å². The lowest BCUT2D eigenvalue weighted by Crippen LogP contribution is -2.40. The number of hydrogen-bond donors (Lipinski definition) is 1. The van der Waals surface area contributed by atoms with E-state index >= 15 is 0 Å². The molecule has 3 aromatic rings. The van der Waals surface area contributed by atoms with Gasteiger partial charge in [0, 0.05) is 31.4 Å². The number of carboxylic acid groups (broad SMARTS) is 1. The van der Waals surface area contributed by atoms with Gasteiger partial charge in [0.05, 0.1) is 11.4 Å². The first-order valence-corrected chi connectivity index (χ1v) is 12.7.